The molecule has 10 atom stereocenters. The summed E-state index contributed by atoms with van der Waals surface area (Å²) >= 11 is 0. The Morgan fingerprint density at radius 1 is 0.923 bits per heavy atom. The molecule has 2 rings (SSSR count). The maximum Gasteiger partial charge on any atom is 0.326 e. The molecule has 0 aromatic rings. The van der Waals surface area contributed by atoms with Gasteiger partial charge in [-0.05, 0) is 109 Å². The fourth-order valence-electron chi connectivity index (χ4n) is 9.19. The number of unbranched alkanes of at least 4 members (excludes halogenated alkanes) is 2. The van der Waals surface area contributed by atoms with Gasteiger partial charge in [-0.15, -0.1) is 0 Å². The number of piperidine rings is 1. The molecular weight excluding hydrogens is 833 g/mol. The average Bonchev–Trinajstić information content (AvgIpc) is 3.28. The second-order valence-electron chi connectivity index (χ2n) is 19.0. The number of nitrogens with two attached hydrogens (primary N) is 1. The highest BCUT2D eigenvalue weighted by atomic mass is 16.5. The normalized spacial score (nSPS) is 23.1. The van der Waals surface area contributed by atoms with Crippen LogP contribution in [0.25, 0.3) is 0 Å². The largest absolute Gasteiger partial charge is 0.480 e. The van der Waals surface area contributed by atoms with Crippen molar-refractivity contribution in [2.24, 2.45) is 35.4 Å². The summed E-state index contributed by atoms with van der Waals surface area (Å²) < 4.78 is 11.3. The summed E-state index contributed by atoms with van der Waals surface area (Å²) in [7, 11) is 5.01. The number of ketones is 3. The van der Waals surface area contributed by atoms with Gasteiger partial charge >= 0.3 is 5.97 Å². The molecule has 0 radical (unpaired) electrons. The van der Waals surface area contributed by atoms with Crippen molar-refractivity contribution < 1.29 is 53.9 Å². The molecule has 2 fully saturated rings. The molecule has 65 heavy (non-hydrogen) atoms. The zero-order valence-corrected chi connectivity index (χ0v) is 40.9. The van der Waals surface area contributed by atoms with Gasteiger partial charge in [0.1, 0.15) is 24.0 Å². The van der Waals surface area contributed by atoms with Crippen LogP contribution in [0.2, 0.25) is 0 Å². The summed E-state index contributed by atoms with van der Waals surface area (Å²) in [6, 6.07) is -1.01. The first kappa shape index (κ1) is 57.7. The molecule has 2 aliphatic rings. The van der Waals surface area contributed by atoms with Crippen molar-refractivity contribution in [2.45, 2.75) is 180 Å². The molecule has 1 saturated heterocycles. The Labute approximate surface area is 388 Å². The van der Waals surface area contributed by atoms with E-state index in [9.17, 15) is 44.4 Å². The van der Waals surface area contributed by atoms with Crippen LogP contribution in [0.3, 0.4) is 0 Å². The van der Waals surface area contributed by atoms with E-state index in [-0.39, 0.29) is 54.9 Å². The number of Topliss-reactive ketones (excluding diaryl/α,β-unsaturated/α-hetero) is 3. The van der Waals surface area contributed by atoms with Crippen molar-refractivity contribution >= 4 is 29.2 Å². The van der Waals surface area contributed by atoms with Gasteiger partial charge in [0.15, 0.2) is 5.78 Å². The zero-order chi connectivity index (χ0) is 48.9. The fourth-order valence-corrected chi connectivity index (χ4v) is 9.19. The third-order valence-corrected chi connectivity index (χ3v) is 13.5. The second-order valence-corrected chi connectivity index (χ2v) is 19.0. The van der Waals surface area contributed by atoms with Crippen LogP contribution >= 0.6 is 0 Å². The van der Waals surface area contributed by atoms with Gasteiger partial charge in [-0.1, -0.05) is 88.1 Å². The molecule has 0 aromatic heterocycles. The van der Waals surface area contributed by atoms with E-state index in [1.54, 1.807) is 12.2 Å². The Morgan fingerprint density at radius 2 is 1.63 bits per heavy atom. The van der Waals surface area contributed by atoms with Crippen LogP contribution in [-0.2, 0) is 33.4 Å². The average molecular weight is 917 g/mol. The number of ether oxygens (including phenoxy) is 2. The number of carboxylic acid groups (broad SMARTS) is 1. The van der Waals surface area contributed by atoms with E-state index < -0.39 is 47.6 Å². The van der Waals surface area contributed by atoms with Crippen molar-refractivity contribution in [3.05, 3.63) is 47.6 Å². The molecule has 370 valence electrons. The smallest absolute Gasteiger partial charge is 0.326 e. The molecular formula is C50H84N4O11. The van der Waals surface area contributed by atoms with Crippen molar-refractivity contribution in [2.75, 3.05) is 27.8 Å². The number of amides is 1. The van der Waals surface area contributed by atoms with Crippen LogP contribution in [0.1, 0.15) is 144 Å². The summed E-state index contributed by atoms with van der Waals surface area (Å²) in [4.78, 5) is 64.3. The SMILES string of the molecule is CNN(N)C1CCC(C[C@@H](C)CCC(=O)[C@H](C)/C=C(\C)CC(OC)C(=O)C(O)C[C@H](C)/C=C/C=C/C=C(\C)CCCCCC(C)C(O)(O)C(=O)C(=O)N2CCCCC2C(=O)O)CC1OC. The lowest BCUT2D eigenvalue weighted by Gasteiger charge is -2.39. The number of carbonyl (C=O) groups excluding carboxylic acids is 4. The highest BCUT2D eigenvalue weighted by Gasteiger charge is 2.47. The summed E-state index contributed by atoms with van der Waals surface area (Å²) in [5.74, 6) is -1.11. The maximum atomic E-state index is 13.2. The lowest BCUT2D eigenvalue weighted by atomic mass is 9.78. The van der Waals surface area contributed by atoms with Gasteiger partial charge < -0.3 is 34.8 Å². The molecule has 15 heteroatoms. The number of likely N-dealkylation sites (tertiary alicyclic amines) is 1. The Balaban J connectivity index is 1.72. The molecule has 1 saturated carbocycles. The van der Waals surface area contributed by atoms with Crippen LogP contribution < -0.4 is 11.3 Å². The number of methoxy groups -OCH3 is 2. The number of nitrogens with one attached hydrogen (secondary N) is 1. The van der Waals surface area contributed by atoms with Crippen LogP contribution in [0, 0.1) is 29.6 Å². The molecule has 1 heterocycles. The predicted octanol–water partition coefficient (Wildman–Crippen LogP) is 6.16. The zero-order valence-electron chi connectivity index (χ0n) is 40.9. The number of aliphatic carboxylic acids is 1. The van der Waals surface area contributed by atoms with Crippen molar-refractivity contribution in [3.8, 4) is 0 Å². The van der Waals surface area contributed by atoms with Crippen molar-refractivity contribution in [1.29, 1.82) is 0 Å². The number of carboxylic acids is 1. The van der Waals surface area contributed by atoms with E-state index in [1.807, 2.05) is 71.2 Å². The number of allylic oxidation sites excluding steroid dienone is 7. The third-order valence-electron chi connectivity index (χ3n) is 13.5. The number of hydrazine groups is 2. The molecule has 0 spiro atoms. The highest BCUT2D eigenvalue weighted by Crippen LogP contribution is 2.34. The first-order valence-electron chi connectivity index (χ1n) is 23.9. The number of aliphatic hydroxyl groups excluding tert-OH is 1. The van der Waals surface area contributed by atoms with E-state index in [1.165, 1.54) is 14.0 Å². The summed E-state index contributed by atoms with van der Waals surface area (Å²) in [5, 5.41) is 43.1. The van der Waals surface area contributed by atoms with E-state index >= 15 is 0 Å². The van der Waals surface area contributed by atoms with Crippen LogP contribution in [0.4, 0.5) is 0 Å². The fraction of sp³-hybridized carbons (Fsp3) is 0.740. The lowest BCUT2D eigenvalue weighted by molar-refractivity contribution is -0.205. The number of carbonyl (C=O) groups is 5. The molecule has 0 bridgehead atoms. The molecule has 15 nitrogen and oxygen atoms in total. The lowest BCUT2D eigenvalue weighted by Crippen LogP contribution is -2.57. The molecule has 1 amide bonds. The Kier molecular flexibility index (Phi) is 26.1. The van der Waals surface area contributed by atoms with Gasteiger partial charge in [0.05, 0.1) is 12.1 Å². The Hall–Kier alpha value is -3.41. The van der Waals surface area contributed by atoms with Crippen molar-refractivity contribution in [1.82, 2.24) is 15.4 Å². The minimum absolute atomic E-state index is 0.0682. The quantitative estimate of drug-likeness (QED) is 0.00903. The molecule has 1 aliphatic heterocycles. The van der Waals surface area contributed by atoms with Gasteiger partial charge in [0, 0.05) is 52.5 Å². The van der Waals surface area contributed by atoms with Gasteiger partial charge in [-0.3, -0.25) is 25.0 Å². The monoisotopic (exact) mass is 917 g/mol. The molecule has 1 aliphatic carbocycles. The number of nitrogens with zero attached hydrogens (tertiary/aromatic N) is 2. The molecule has 7 N–H and O–H groups in total. The second kappa shape index (κ2) is 29.4. The topological polar surface area (TPSA) is 229 Å². The maximum absolute atomic E-state index is 13.2. The summed E-state index contributed by atoms with van der Waals surface area (Å²) in [5.41, 5.74) is 5.01. The summed E-state index contributed by atoms with van der Waals surface area (Å²) in [6.07, 6.45) is 20.2. The Morgan fingerprint density at radius 3 is 2.28 bits per heavy atom. The third kappa shape index (κ3) is 19.4. The minimum Gasteiger partial charge on any atom is -0.480 e. The van der Waals surface area contributed by atoms with Crippen LogP contribution in [-0.4, -0.2) is 124 Å². The van der Waals surface area contributed by atoms with Crippen molar-refractivity contribution in [3.63, 3.8) is 0 Å². The highest BCUT2D eigenvalue weighted by molar-refractivity contribution is 6.39. The minimum atomic E-state index is -2.88. The van der Waals surface area contributed by atoms with Gasteiger partial charge in [0.2, 0.25) is 5.79 Å². The predicted molar refractivity (Wildman–Crippen MR) is 252 cm³/mol. The van der Waals surface area contributed by atoms with Crippen LogP contribution in [0.15, 0.2) is 47.6 Å². The van der Waals surface area contributed by atoms with E-state index in [0.717, 1.165) is 67.4 Å². The first-order valence-corrected chi connectivity index (χ1v) is 23.9. The van der Waals surface area contributed by atoms with Gasteiger partial charge in [-0.25, -0.2) is 10.2 Å². The van der Waals surface area contributed by atoms with E-state index in [4.69, 9.17) is 15.3 Å². The van der Waals surface area contributed by atoms with Gasteiger partial charge in [-0.2, -0.15) is 5.12 Å². The number of rotatable bonds is 30. The Bertz CT molecular complexity index is 1640. The number of hydrogen-bond acceptors (Lipinski definition) is 13. The van der Waals surface area contributed by atoms with E-state index in [0.29, 0.717) is 50.4 Å². The molecule has 7 unspecified atom stereocenters. The number of hydrogen-bond donors (Lipinski definition) is 6. The standard InChI is InChI=1S/C50H84N4O11/c1-33(19-13-11-15-21-38(6)50(62,63)47(58)48(59)53-27-17-16-22-41(53)49(60)61)18-12-10-14-20-34(2)30-43(56)46(57)45(65-9)31-36(4)28-37(5)42(55)26-23-35(3)29-39-24-25-40(54(51)52-7)44(32-39)64-8/h10,12,14,18,20,28,34-35,37-41,43-45,52,56,62-63H,11,13,15-17,19,21-27,29-32,51H2,1-9H3,(H,60,61)/b12-10+,20-14+,33-18+,36-28+/t34-,35+,37-,38?,39?,40?,41?,43?,44?,45?/m1/s1. The molecule has 0 aromatic carbocycles. The number of aliphatic hydroxyl groups is 3. The summed E-state index contributed by atoms with van der Waals surface area (Å²) in [6.45, 7) is 11.5. The first-order chi connectivity index (χ1) is 30.7. The van der Waals surface area contributed by atoms with Crippen LogP contribution in [0.5, 0.6) is 0 Å². The van der Waals surface area contributed by atoms with E-state index in [2.05, 4.69) is 12.3 Å². The van der Waals surface area contributed by atoms with Gasteiger partial charge in [0.25, 0.3) is 11.7 Å².